The van der Waals surface area contributed by atoms with Crippen LogP contribution in [0.1, 0.15) is 6.42 Å². The van der Waals surface area contributed by atoms with Gasteiger partial charge in [-0.15, -0.1) is 0 Å². The van der Waals surface area contributed by atoms with Gasteiger partial charge in [-0.2, -0.15) is 0 Å². The Labute approximate surface area is 181 Å². The smallest absolute Gasteiger partial charge is 0.243 e. The molecule has 0 aliphatic rings. The molecule has 3 rings (SSSR count). The van der Waals surface area contributed by atoms with E-state index in [1.807, 2.05) is 54.6 Å². The lowest BCUT2D eigenvalue weighted by Gasteiger charge is -2.24. The second-order valence-corrected chi connectivity index (χ2v) is 6.80. The fourth-order valence-corrected chi connectivity index (χ4v) is 2.98. The van der Waals surface area contributed by atoms with Gasteiger partial charge in [0.2, 0.25) is 11.8 Å². The van der Waals surface area contributed by atoms with Crippen LogP contribution in [0.3, 0.4) is 0 Å². The molecule has 2 amide bonds. The third kappa shape index (κ3) is 6.50. The molecule has 0 radical (unpaired) electrons. The number of nitrogens with zero attached hydrogens (tertiary/aromatic N) is 1. The van der Waals surface area contributed by atoms with E-state index in [1.165, 1.54) is 0 Å². The summed E-state index contributed by atoms with van der Waals surface area (Å²) in [6.45, 7) is 0.358. The number of para-hydroxylation sites is 3. The van der Waals surface area contributed by atoms with Gasteiger partial charge in [-0.3, -0.25) is 9.59 Å². The molecule has 7 nitrogen and oxygen atoms in total. The van der Waals surface area contributed by atoms with E-state index in [4.69, 9.17) is 15.2 Å². The van der Waals surface area contributed by atoms with E-state index in [0.717, 1.165) is 5.69 Å². The van der Waals surface area contributed by atoms with Gasteiger partial charge in [0, 0.05) is 18.7 Å². The molecule has 0 saturated heterocycles. The maximum Gasteiger partial charge on any atom is 0.243 e. The second kappa shape index (κ2) is 10.7. The summed E-state index contributed by atoms with van der Waals surface area (Å²) in [5.41, 5.74) is 6.65. The number of primary amides is 1. The van der Waals surface area contributed by atoms with E-state index >= 15 is 0 Å². The molecular weight excluding hydrogens is 394 g/mol. The number of nitrogens with two attached hydrogens (primary N) is 1. The summed E-state index contributed by atoms with van der Waals surface area (Å²) in [5, 5.41) is 2.89. The predicted molar refractivity (Wildman–Crippen MR) is 121 cm³/mol. The summed E-state index contributed by atoms with van der Waals surface area (Å²) in [5.74, 6) is 1.24. The predicted octanol–water partition coefficient (Wildman–Crippen LogP) is 3.81. The Bertz CT molecular complexity index is 1010. The number of hydrogen-bond donors (Lipinski definition) is 2. The van der Waals surface area contributed by atoms with Crippen LogP contribution in [0.5, 0.6) is 17.2 Å². The van der Waals surface area contributed by atoms with E-state index in [0.29, 0.717) is 29.5 Å². The molecule has 160 valence electrons. The summed E-state index contributed by atoms with van der Waals surface area (Å²) in [6, 6.07) is 23.8. The highest BCUT2D eigenvalue weighted by atomic mass is 16.5. The number of hydrogen-bond acceptors (Lipinski definition) is 5. The van der Waals surface area contributed by atoms with Gasteiger partial charge in [-0.1, -0.05) is 30.3 Å². The van der Waals surface area contributed by atoms with Gasteiger partial charge >= 0.3 is 0 Å². The number of rotatable bonds is 10. The Morgan fingerprint density at radius 3 is 2.26 bits per heavy atom. The number of nitrogens with one attached hydrogen (secondary N) is 1. The lowest BCUT2D eigenvalue weighted by atomic mass is 10.2. The fraction of sp³-hybridized carbons (Fsp3) is 0.167. The first-order chi connectivity index (χ1) is 15.0. The van der Waals surface area contributed by atoms with Crippen molar-refractivity contribution in [2.24, 2.45) is 5.73 Å². The van der Waals surface area contributed by atoms with Crippen molar-refractivity contribution < 1.29 is 19.1 Å². The number of amides is 2. The van der Waals surface area contributed by atoms with Crippen LogP contribution < -0.4 is 25.4 Å². The van der Waals surface area contributed by atoms with E-state index in [2.05, 4.69) is 5.32 Å². The molecule has 7 heteroatoms. The van der Waals surface area contributed by atoms with Crippen LogP contribution in [-0.4, -0.2) is 32.0 Å². The van der Waals surface area contributed by atoms with Crippen molar-refractivity contribution in [2.75, 3.05) is 30.4 Å². The molecule has 0 aromatic heterocycles. The van der Waals surface area contributed by atoms with Crippen molar-refractivity contribution in [2.45, 2.75) is 6.42 Å². The Balaban J connectivity index is 1.72. The first kappa shape index (κ1) is 21.7. The first-order valence-electron chi connectivity index (χ1n) is 9.84. The highest BCUT2D eigenvalue weighted by Crippen LogP contribution is 2.29. The maximum atomic E-state index is 12.8. The third-order valence-electron chi connectivity index (χ3n) is 4.53. The van der Waals surface area contributed by atoms with E-state index in [1.54, 1.807) is 36.3 Å². The number of anilines is 2. The molecule has 3 aromatic carbocycles. The van der Waals surface area contributed by atoms with Gasteiger partial charge in [0.25, 0.3) is 0 Å². The molecular formula is C24H25N3O4. The number of methoxy groups -OCH3 is 1. The van der Waals surface area contributed by atoms with E-state index in [-0.39, 0.29) is 18.9 Å². The zero-order valence-corrected chi connectivity index (χ0v) is 17.3. The molecule has 0 aliphatic heterocycles. The second-order valence-electron chi connectivity index (χ2n) is 6.80. The van der Waals surface area contributed by atoms with Gasteiger partial charge in [-0.05, 0) is 48.5 Å². The minimum absolute atomic E-state index is 0.0410. The van der Waals surface area contributed by atoms with Crippen LogP contribution in [0.4, 0.5) is 11.4 Å². The lowest BCUT2D eigenvalue weighted by Crippen LogP contribution is -2.35. The molecule has 0 spiro atoms. The highest BCUT2D eigenvalue weighted by Gasteiger charge is 2.15. The van der Waals surface area contributed by atoms with Crippen molar-refractivity contribution >= 4 is 23.2 Å². The average Bonchev–Trinajstić information content (AvgIpc) is 2.78. The van der Waals surface area contributed by atoms with Crippen LogP contribution in [0, 0.1) is 0 Å². The summed E-state index contributed by atoms with van der Waals surface area (Å²) in [4.78, 5) is 25.9. The zero-order valence-electron chi connectivity index (χ0n) is 17.3. The van der Waals surface area contributed by atoms with Crippen LogP contribution >= 0.6 is 0 Å². The molecule has 3 N–H and O–H groups in total. The Hall–Kier alpha value is -4.00. The molecule has 0 aliphatic carbocycles. The Morgan fingerprint density at radius 1 is 0.903 bits per heavy atom. The monoisotopic (exact) mass is 419 g/mol. The topological polar surface area (TPSA) is 93.9 Å². The first-order valence-corrected chi connectivity index (χ1v) is 9.84. The fourth-order valence-electron chi connectivity index (χ4n) is 2.98. The minimum atomic E-state index is -0.430. The number of carbonyl (C=O) groups excluding carboxylic acids is 2. The van der Waals surface area contributed by atoms with Crippen molar-refractivity contribution in [3.05, 3.63) is 78.9 Å². The van der Waals surface area contributed by atoms with Gasteiger partial charge in [-0.25, -0.2) is 0 Å². The van der Waals surface area contributed by atoms with Crippen molar-refractivity contribution in [1.82, 2.24) is 0 Å². The quantitative estimate of drug-likeness (QED) is 0.521. The van der Waals surface area contributed by atoms with Crippen molar-refractivity contribution in [3.8, 4) is 17.2 Å². The molecule has 0 unspecified atom stereocenters. The Morgan fingerprint density at radius 2 is 1.58 bits per heavy atom. The molecule has 0 heterocycles. The minimum Gasteiger partial charge on any atom is -0.497 e. The molecule has 31 heavy (non-hydrogen) atoms. The number of ether oxygens (including phenoxy) is 2. The van der Waals surface area contributed by atoms with E-state index < -0.39 is 5.91 Å². The molecule has 0 saturated carbocycles. The van der Waals surface area contributed by atoms with Gasteiger partial charge in [0.05, 0.1) is 19.3 Å². The van der Waals surface area contributed by atoms with Crippen LogP contribution in [0.2, 0.25) is 0 Å². The molecule has 0 atom stereocenters. The summed E-state index contributed by atoms with van der Waals surface area (Å²) in [7, 11) is 1.59. The largest absolute Gasteiger partial charge is 0.497 e. The summed E-state index contributed by atoms with van der Waals surface area (Å²) in [6.07, 6.45) is 0.132. The number of carbonyl (C=O) groups is 2. The van der Waals surface area contributed by atoms with Crippen LogP contribution in [0.15, 0.2) is 78.9 Å². The van der Waals surface area contributed by atoms with Gasteiger partial charge in [0.1, 0.15) is 11.5 Å². The normalized spacial score (nSPS) is 10.2. The standard InChI is InChI=1S/C24H25N3O4/c1-30-19-13-11-18(12-14-19)27(16-15-23(25)28)17-24(29)26-21-9-5-6-10-22(21)31-20-7-3-2-4-8-20/h2-14H,15-17H2,1H3,(H2,25,28)(H,26,29). The van der Waals surface area contributed by atoms with Crippen LogP contribution in [0.25, 0.3) is 0 Å². The average molecular weight is 419 g/mol. The third-order valence-corrected chi connectivity index (χ3v) is 4.53. The lowest BCUT2D eigenvalue weighted by molar-refractivity contribution is -0.118. The maximum absolute atomic E-state index is 12.8. The van der Waals surface area contributed by atoms with Gasteiger partial charge in [0.15, 0.2) is 5.75 Å². The van der Waals surface area contributed by atoms with E-state index in [9.17, 15) is 9.59 Å². The molecule has 0 fully saturated rings. The van der Waals surface area contributed by atoms with Crippen molar-refractivity contribution in [3.63, 3.8) is 0 Å². The summed E-state index contributed by atoms with van der Waals surface area (Å²) >= 11 is 0. The van der Waals surface area contributed by atoms with Crippen LogP contribution in [-0.2, 0) is 9.59 Å². The molecule has 3 aromatic rings. The summed E-state index contributed by atoms with van der Waals surface area (Å²) < 4.78 is 11.1. The SMILES string of the molecule is COc1ccc(N(CCC(N)=O)CC(=O)Nc2ccccc2Oc2ccccc2)cc1. The molecule has 0 bridgehead atoms. The van der Waals surface area contributed by atoms with Gasteiger partial charge < -0.3 is 25.4 Å². The zero-order chi connectivity index (χ0) is 22.1. The van der Waals surface area contributed by atoms with Crippen molar-refractivity contribution in [1.29, 1.82) is 0 Å². The Kier molecular flexibility index (Phi) is 7.48. The number of benzene rings is 3. The highest BCUT2D eigenvalue weighted by molar-refractivity contribution is 5.95.